The normalized spacial score (nSPS) is 12.0. The first-order valence-corrected chi connectivity index (χ1v) is 6.86. The van der Waals surface area contributed by atoms with Crippen molar-refractivity contribution in [2.45, 2.75) is 6.18 Å². The van der Waals surface area contributed by atoms with Crippen molar-refractivity contribution in [1.82, 2.24) is 4.98 Å². The number of hydrogen-bond donors (Lipinski definition) is 0. The van der Waals surface area contributed by atoms with Crippen molar-refractivity contribution in [2.75, 3.05) is 0 Å². The Hall–Kier alpha value is -1.64. The summed E-state index contributed by atoms with van der Waals surface area (Å²) >= 11 is 1.82. The van der Waals surface area contributed by atoms with E-state index in [1.165, 1.54) is 12.1 Å². The van der Waals surface area contributed by atoms with Gasteiger partial charge in [0.25, 0.3) is 0 Å². The smallest absolute Gasteiger partial charge is 0.416 e. The minimum absolute atomic E-state index is 0.00296. The zero-order valence-corrected chi connectivity index (χ0v) is 12.4. The lowest BCUT2D eigenvalue weighted by molar-refractivity contribution is -0.137. The van der Waals surface area contributed by atoms with Gasteiger partial charge >= 0.3 is 6.18 Å². The number of hydrogen-bond acceptors (Lipinski definition) is 2. The van der Waals surface area contributed by atoms with Crippen LogP contribution in [0.3, 0.4) is 0 Å². The van der Waals surface area contributed by atoms with E-state index in [4.69, 9.17) is 4.42 Å². The molecule has 0 aliphatic heterocycles. The van der Waals surface area contributed by atoms with Crippen LogP contribution >= 0.6 is 22.6 Å². The van der Waals surface area contributed by atoms with Crippen LogP contribution in [0.25, 0.3) is 22.6 Å². The third-order valence-electron chi connectivity index (χ3n) is 2.91. The summed E-state index contributed by atoms with van der Waals surface area (Å²) in [6.45, 7) is 0. The number of rotatable bonds is 1. The molecule has 0 aliphatic carbocycles. The molecule has 0 fully saturated rings. The van der Waals surface area contributed by atoms with Gasteiger partial charge < -0.3 is 4.42 Å². The highest BCUT2D eigenvalue weighted by Crippen LogP contribution is 2.32. The molecule has 3 rings (SSSR count). The van der Waals surface area contributed by atoms with Crippen LogP contribution in [0.1, 0.15) is 5.56 Å². The van der Waals surface area contributed by atoms with E-state index in [2.05, 4.69) is 4.98 Å². The third kappa shape index (κ3) is 2.61. The van der Waals surface area contributed by atoms with Crippen LogP contribution in [0.15, 0.2) is 40.8 Å². The number of fused-ring (bicyclic) bond motifs is 1. The summed E-state index contributed by atoms with van der Waals surface area (Å²) in [7, 11) is 0. The molecule has 0 saturated heterocycles. The van der Waals surface area contributed by atoms with Crippen molar-refractivity contribution in [3.05, 3.63) is 51.3 Å². The van der Waals surface area contributed by atoms with E-state index in [0.717, 1.165) is 12.1 Å². The molecule has 0 saturated carbocycles. The average molecular weight is 407 g/mol. The molecule has 3 aromatic rings. The minimum atomic E-state index is -4.40. The summed E-state index contributed by atoms with van der Waals surface area (Å²) in [5, 5.41) is 0. The molecule has 0 spiro atoms. The first-order chi connectivity index (χ1) is 9.86. The summed E-state index contributed by atoms with van der Waals surface area (Å²) < 4.78 is 57.1. The van der Waals surface area contributed by atoms with Crippen molar-refractivity contribution in [3.8, 4) is 11.5 Å². The van der Waals surface area contributed by atoms with E-state index in [0.29, 0.717) is 14.7 Å². The highest BCUT2D eigenvalue weighted by molar-refractivity contribution is 14.1. The summed E-state index contributed by atoms with van der Waals surface area (Å²) in [5.74, 6) is -0.446. The van der Waals surface area contributed by atoms with E-state index in [-0.39, 0.29) is 11.5 Å². The van der Waals surface area contributed by atoms with Crippen molar-refractivity contribution in [1.29, 1.82) is 0 Å². The second-order valence-corrected chi connectivity index (χ2v) is 5.47. The van der Waals surface area contributed by atoms with E-state index in [1.807, 2.05) is 22.6 Å². The highest BCUT2D eigenvalue weighted by Gasteiger charge is 2.30. The maximum Gasteiger partial charge on any atom is 0.416 e. The van der Waals surface area contributed by atoms with Gasteiger partial charge in [0.1, 0.15) is 5.52 Å². The lowest BCUT2D eigenvalue weighted by Gasteiger charge is -2.05. The first kappa shape index (κ1) is 14.3. The van der Waals surface area contributed by atoms with Crippen LogP contribution in [0.2, 0.25) is 0 Å². The number of oxazole rings is 1. The van der Waals surface area contributed by atoms with E-state index < -0.39 is 17.6 Å². The van der Waals surface area contributed by atoms with Gasteiger partial charge in [-0.3, -0.25) is 0 Å². The lowest BCUT2D eigenvalue weighted by atomic mass is 10.1. The number of halogens is 5. The number of aromatic nitrogens is 1. The molecule has 108 valence electrons. The molecule has 0 unspecified atom stereocenters. The van der Waals surface area contributed by atoms with Crippen LogP contribution in [0.4, 0.5) is 17.6 Å². The molecule has 1 aromatic heterocycles. The summed E-state index contributed by atoms with van der Waals surface area (Å²) in [6.07, 6.45) is -4.40. The molecule has 2 nitrogen and oxygen atoms in total. The van der Waals surface area contributed by atoms with Crippen LogP contribution in [-0.2, 0) is 6.18 Å². The van der Waals surface area contributed by atoms with Crippen molar-refractivity contribution >= 4 is 33.7 Å². The Bertz CT molecular complexity index is 808. The maximum atomic E-state index is 13.9. The Kier molecular flexibility index (Phi) is 3.39. The van der Waals surface area contributed by atoms with Crippen molar-refractivity contribution < 1.29 is 22.0 Å². The van der Waals surface area contributed by atoms with E-state index >= 15 is 0 Å². The average Bonchev–Trinajstić information content (AvgIpc) is 2.87. The molecule has 1 heterocycles. The largest absolute Gasteiger partial charge is 0.433 e. The summed E-state index contributed by atoms with van der Waals surface area (Å²) in [5.41, 5.74) is -0.0867. The fraction of sp³-hybridized carbons (Fsp3) is 0.0714. The Morgan fingerprint density at radius 2 is 1.67 bits per heavy atom. The van der Waals surface area contributed by atoms with E-state index in [1.54, 1.807) is 12.1 Å². The van der Waals surface area contributed by atoms with Crippen LogP contribution in [0.5, 0.6) is 0 Å². The highest BCUT2D eigenvalue weighted by atomic mass is 127. The molecule has 7 heteroatoms. The summed E-state index contributed by atoms with van der Waals surface area (Å²) in [4.78, 5) is 4.09. The molecule has 0 aliphatic rings. The first-order valence-electron chi connectivity index (χ1n) is 5.78. The predicted molar refractivity (Wildman–Crippen MR) is 77.1 cm³/mol. The van der Waals surface area contributed by atoms with Crippen LogP contribution < -0.4 is 0 Å². The minimum Gasteiger partial charge on any atom is -0.433 e. The van der Waals surface area contributed by atoms with E-state index in [9.17, 15) is 17.6 Å². The van der Waals surface area contributed by atoms with Gasteiger partial charge in [0, 0.05) is 5.56 Å². The van der Waals surface area contributed by atoms with Crippen LogP contribution in [-0.4, -0.2) is 4.98 Å². The van der Waals surface area contributed by atoms with Gasteiger partial charge in [-0.1, -0.05) is 0 Å². The predicted octanol–water partition coefficient (Wildman–Crippen LogP) is 5.26. The number of benzene rings is 2. The molecule has 0 bridgehead atoms. The third-order valence-corrected chi connectivity index (χ3v) is 3.74. The molecule has 0 atom stereocenters. The van der Waals surface area contributed by atoms with Gasteiger partial charge in [0.05, 0.1) is 9.13 Å². The number of nitrogens with zero attached hydrogens (tertiary/aromatic N) is 1. The molecular formula is C14H6F4INO. The van der Waals surface area contributed by atoms with Gasteiger partial charge in [0.15, 0.2) is 11.4 Å². The van der Waals surface area contributed by atoms with Gasteiger partial charge in [0.2, 0.25) is 5.89 Å². The molecule has 2 aromatic carbocycles. The second kappa shape index (κ2) is 4.97. The Labute approximate surface area is 129 Å². The van der Waals surface area contributed by atoms with Gasteiger partial charge in [-0.15, -0.1) is 0 Å². The Morgan fingerprint density at radius 3 is 2.29 bits per heavy atom. The second-order valence-electron chi connectivity index (χ2n) is 4.30. The molecule has 0 amide bonds. The van der Waals surface area contributed by atoms with Gasteiger partial charge in [-0.2, -0.15) is 13.2 Å². The quantitative estimate of drug-likeness (QED) is 0.407. The Morgan fingerprint density at radius 1 is 1.00 bits per heavy atom. The molecular weight excluding hydrogens is 401 g/mol. The molecule has 0 N–H and O–H groups in total. The van der Waals surface area contributed by atoms with Crippen molar-refractivity contribution in [3.63, 3.8) is 0 Å². The summed E-state index contributed by atoms with van der Waals surface area (Å²) in [6, 6.07) is 7.51. The van der Waals surface area contributed by atoms with Crippen LogP contribution in [0, 0.1) is 9.39 Å². The zero-order chi connectivity index (χ0) is 15.2. The topological polar surface area (TPSA) is 26.0 Å². The maximum absolute atomic E-state index is 13.9. The standard InChI is InChI=1S/C14H6F4INO/c15-11-9(19)5-6-10-12(11)21-13(20-10)7-1-3-8(4-2-7)14(16,17)18/h1-6H. The lowest BCUT2D eigenvalue weighted by Crippen LogP contribution is -2.03. The fourth-order valence-corrected chi connectivity index (χ4v) is 2.29. The van der Waals surface area contributed by atoms with Crippen molar-refractivity contribution in [2.24, 2.45) is 0 Å². The molecule has 0 radical (unpaired) electrons. The SMILES string of the molecule is Fc1c(I)ccc2nc(-c3ccc(C(F)(F)F)cc3)oc12. The fourth-order valence-electron chi connectivity index (χ4n) is 1.86. The number of alkyl halides is 3. The van der Waals surface area contributed by atoms with Gasteiger partial charge in [-0.05, 0) is 59.0 Å². The van der Waals surface area contributed by atoms with Gasteiger partial charge in [-0.25, -0.2) is 9.37 Å². The molecule has 21 heavy (non-hydrogen) atoms. The zero-order valence-electron chi connectivity index (χ0n) is 10.2. The monoisotopic (exact) mass is 407 g/mol. The Balaban J connectivity index is 2.06.